The van der Waals surface area contributed by atoms with Crippen LogP contribution >= 0.6 is 0 Å². The summed E-state index contributed by atoms with van der Waals surface area (Å²) in [7, 11) is 0. The highest BCUT2D eigenvalue weighted by Crippen LogP contribution is 2.65. The summed E-state index contributed by atoms with van der Waals surface area (Å²) in [5.41, 5.74) is 4.87. The number of fused-ring (bicyclic) bond motifs is 2. The predicted octanol–water partition coefficient (Wildman–Crippen LogP) is 8.84. The van der Waals surface area contributed by atoms with Crippen LogP contribution in [0.15, 0.2) is 34.7 Å². The van der Waals surface area contributed by atoms with Gasteiger partial charge in [0.25, 0.3) is 0 Å². The fourth-order valence-electron chi connectivity index (χ4n) is 8.22. The zero-order chi connectivity index (χ0) is 22.6. The van der Waals surface area contributed by atoms with E-state index in [1.165, 1.54) is 62.5 Å². The fourth-order valence-corrected chi connectivity index (χ4v) is 8.22. The lowest BCUT2D eigenvalue weighted by Gasteiger charge is -2.47. The first kappa shape index (κ1) is 22.8. The molecule has 3 fully saturated rings. The molecule has 8 unspecified atom stereocenters. The molecule has 32 heavy (non-hydrogen) atoms. The molecule has 5 aliphatic carbocycles. The Labute approximate surface area is 192 Å². The van der Waals surface area contributed by atoms with Crippen LogP contribution in [0.1, 0.15) is 90.9 Å². The van der Waals surface area contributed by atoms with Gasteiger partial charge in [-0.3, -0.25) is 0 Å². The molecule has 3 heteroatoms. The van der Waals surface area contributed by atoms with Crippen molar-refractivity contribution >= 4 is 0 Å². The van der Waals surface area contributed by atoms with E-state index in [-0.39, 0.29) is 11.8 Å². The van der Waals surface area contributed by atoms with Crippen LogP contribution in [0.2, 0.25) is 0 Å². The van der Waals surface area contributed by atoms with Crippen LogP contribution < -0.4 is 0 Å². The van der Waals surface area contributed by atoms with E-state index in [0.717, 1.165) is 31.6 Å². The van der Waals surface area contributed by atoms with Crippen molar-refractivity contribution < 1.29 is 13.2 Å². The minimum absolute atomic E-state index is 0.163. The first-order valence-corrected chi connectivity index (χ1v) is 13.5. The molecule has 0 bridgehead atoms. The molecule has 5 aliphatic rings. The van der Waals surface area contributed by atoms with E-state index in [4.69, 9.17) is 0 Å². The largest absolute Gasteiger partial charge is 0.243 e. The molecule has 5 rings (SSSR count). The number of hydrogen-bond donors (Lipinski definition) is 0. The van der Waals surface area contributed by atoms with Gasteiger partial charge < -0.3 is 0 Å². The highest BCUT2D eigenvalue weighted by Gasteiger charge is 2.59. The summed E-state index contributed by atoms with van der Waals surface area (Å²) in [5.74, 6) is 0.850. The van der Waals surface area contributed by atoms with Crippen molar-refractivity contribution in [3.8, 4) is 0 Å². The molecule has 0 spiro atoms. The van der Waals surface area contributed by atoms with Crippen LogP contribution in [0.25, 0.3) is 0 Å². The Morgan fingerprint density at radius 3 is 2.44 bits per heavy atom. The zero-order valence-electron chi connectivity index (χ0n) is 20.0. The molecule has 0 aromatic carbocycles. The maximum Gasteiger partial charge on any atom is 0.182 e. The monoisotopic (exact) mass is 446 g/mol. The maximum absolute atomic E-state index is 15.4. The molecule has 0 saturated heterocycles. The number of alkyl halides is 2. The summed E-state index contributed by atoms with van der Waals surface area (Å²) in [4.78, 5) is 0. The molecule has 0 nitrogen and oxygen atoms in total. The lowest BCUT2D eigenvalue weighted by molar-refractivity contribution is 0.0111. The summed E-state index contributed by atoms with van der Waals surface area (Å²) in [6.45, 7) is 8.19. The van der Waals surface area contributed by atoms with E-state index in [0.29, 0.717) is 23.3 Å². The van der Waals surface area contributed by atoms with Crippen LogP contribution in [-0.4, -0.2) is 12.3 Å². The van der Waals surface area contributed by atoms with Gasteiger partial charge in [0.1, 0.15) is 12.0 Å². The molecule has 0 aromatic rings. The van der Waals surface area contributed by atoms with Crippen LogP contribution in [-0.2, 0) is 0 Å². The van der Waals surface area contributed by atoms with Crippen molar-refractivity contribution in [3.05, 3.63) is 34.7 Å². The Kier molecular flexibility index (Phi) is 6.40. The summed E-state index contributed by atoms with van der Waals surface area (Å²) >= 11 is 0. The summed E-state index contributed by atoms with van der Waals surface area (Å²) in [6, 6.07) is 0. The smallest absolute Gasteiger partial charge is 0.182 e. The average Bonchev–Trinajstić information content (AvgIpc) is 3.60. The molecule has 0 heterocycles. The third-order valence-corrected chi connectivity index (χ3v) is 10.1. The Balaban J connectivity index is 1.40. The van der Waals surface area contributed by atoms with Crippen LogP contribution in [0.4, 0.5) is 13.2 Å². The molecule has 8 atom stereocenters. The van der Waals surface area contributed by atoms with E-state index in [1.807, 2.05) is 6.92 Å². The number of halogens is 3. The van der Waals surface area contributed by atoms with E-state index in [2.05, 4.69) is 6.58 Å². The van der Waals surface area contributed by atoms with E-state index in [9.17, 15) is 8.78 Å². The van der Waals surface area contributed by atoms with Gasteiger partial charge in [0, 0.05) is 5.92 Å². The van der Waals surface area contributed by atoms with Gasteiger partial charge in [-0.2, -0.15) is 0 Å². The van der Waals surface area contributed by atoms with Crippen molar-refractivity contribution in [1.82, 2.24) is 0 Å². The van der Waals surface area contributed by atoms with Crippen molar-refractivity contribution in [3.63, 3.8) is 0 Å². The van der Waals surface area contributed by atoms with Crippen molar-refractivity contribution in [1.29, 1.82) is 0 Å². The highest BCUT2D eigenvalue weighted by atomic mass is 19.2. The second kappa shape index (κ2) is 8.99. The summed E-state index contributed by atoms with van der Waals surface area (Å²) in [6.07, 6.45) is 11.2. The molecule has 0 aromatic heterocycles. The van der Waals surface area contributed by atoms with Gasteiger partial charge in [0.15, 0.2) is 6.17 Å². The Morgan fingerprint density at radius 1 is 0.969 bits per heavy atom. The lowest BCUT2D eigenvalue weighted by atomic mass is 9.58. The van der Waals surface area contributed by atoms with Crippen LogP contribution in [0.3, 0.4) is 0 Å². The average molecular weight is 447 g/mol. The lowest BCUT2D eigenvalue weighted by Crippen LogP contribution is -2.46. The topological polar surface area (TPSA) is 0 Å². The van der Waals surface area contributed by atoms with Gasteiger partial charge in [0.2, 0.25) is 0 Å². The first-order chi connectivity index (χ1) is 15.4. The summed E-state index contributed by atoms with van der Waals surface area (Å²) < 4.78 is 44.3. The Morgan fingerprint density at radius 2 is 1.69 bits per heavy atom. The van der Waals surface area contributed by atoms with Gasteiger partial charge in [-0.05, 0) is 92.1 Å². The summed E-state index contributed by atoms with van der Waals surface area (Å²) in [5, 5.41) is 0. The maximum atomic E-state index is 15.4. The first-order valence-electron chi connectivity index (χ1n) is 13.5. The van der Waals surface area contributed by atoms with Crippen LogP contribution in [0, 0.1) is 41.4 Å². The second-order valence-electron chi connectivity index (χ2n) is 11.8. The molecule has 0 aliphatic heterocycles. The Hall–Kier alpha value is -0.990. The standard InChI is InChI=1S/C29H41F3/c1-16(13-14-19-9-5-4-6-10-19)24-20-11-7-8-12-21(20)26(23-15-22(23)24)25-17(2)18(3)27(30)29(32)28(25)31/h17,19,21-23,25-26,28-29H,1,4-15H2,2-3H3. The third-order valence-electron chi connectivity index (χ3n) is 10.1. The van der Waals surface area contributed by atoms with Gasteiger partial charge >= 0.3 is 0 Å². The number of allylic oxidation sites excluding steroid dienone is 5. The van der Waals surface area contributed by atoms with Crippen molar-refractivity contribution in [2.45, 2.75) is 103 Å². The SMILES string of the molecule is C=C(CCC1CCCCC1)C1=C2CCCCC2C(C2C(C)C(C)=C(F)C(F)C2F)C2CC12. The Bertz CT molecular complexity index is 801. The normalized spacial score (nSPS) is 42.5. The van der Waals surface area contributed by atoms with Gasteiger partial charge in [-0.25, -0.2) is 13.2 Å². The zero-order valence-corrected chi connectivity index (χ0v) is 20.0. The predicted molar refractivity (Wildman–Crippen MR) is 125 cm³/mol. The second-order valence-corrected chi connectivity index (χ2v) is 11.8. The molecule has 0 radical (unpaired) electrons. The third kappa shape index (κ3) is 3.84. The van der Waals surface area contributed by atoms with Gasteiger partial charge in [0.05, 0.1) is 0 Å². The molecule has 0 N–H and O–H groups in total. The molecule has 178 valence electrons. The van der Waals surface area contributed by atoms with E-state index >= 15 is 4.39 Å². The van der Waals surface area contributed by atoms with E-state index < -0.39 is 24.1 Å². The fraction of sp³-hybridized carbons (Fsp3) is 0.793. The van der Waals surface area contributed by atoms with Crippen LogP contribution in [0.5, 0.6) is 0 Å². The minimum atomic E-state index is -2.07. The number of hydrogen-bond acceptors (Lipinski definition) is 0. The van der Waals surface area contributed by atoms with E-state index in [1.54, 1.807) is 12.5 Å². The van der Waals surface area contributed by atoms with Gasteiger partial charge in [-0.15, -0.1) is 0 Å². The van der Waals surface area contributed by atoms with Gasteiger partial charge in [-0.1, -0.05) is 63.2 Å². The molecule has 3 saturated carbocycles. The molecular formula is C29H41F3. The van der Waals surface area contributed by atoms with Crippen molar-refractivity contribution in [2.24, 2.45) is 41.4 Å². The molecular weight excluding hydrogens is 405 g/mol. The quantitative estimate of drug-likeness (QED) is 0.396. The highest BCUT2D eigenvalue weighted by molar-refractivity contribution is 5.44. The van der Waals surface area contributed by atoms with Crippen molar-refractivity contribution in [2.75, 3.05) is 0 Å². The minimum Gasteiger partial charge on any atom is -0.243 e. The molecule has 0 amide bonds. The number of rotatable bonds is 5.